The predicted octanol–water partition coefficient (Wildman–Crippen LogP) is 3.43. The maximum atomic E-state index is 12.8. The Morgan fingerprint density at radius 2 is 1.95 bits per heavy atom. The van der Waals surface area contributed by atoms with Gasteiger partial charge in [-0.05, 0) is 49.1 Å². The molecule has 112 valence electrons. The fourth-order valence-electron chi connectivity index (χ4n) is 3.85. The van der Waals surface area contributed by atoms with E-state index >= 15 is 0 Å². The van der Waals surface area contributed by atoms with E-state index in [2.05, 4.69) is 0 Å². The molecular formula is C19H19NO2. The van der Waals surface area contributed by atoms with Crippen molar-refractivity contribution in [2.45, 2.75) is 31.3 Å². The molecule has 2 unspecified atom stereocenters. The number of anilines is 1. The summed E-state index contributed by atoms with van der Waals surface area (Å²) in [6, 6.07) is 15.4. The average Bonchev–Trinajstić information content (AvgIpc) is 2.91. The van der Waals surface area contributed by atoms with Crippen LogP contribution in [0, 0.1) is 0 Å². The maximum Gasteiger partial charge on any atom is 0.258 e. The van der Waals surface area contributed by atoms with E-state index in [1.54, 1.807) is 0 Å². The van der Waals surface area contributed by atoms with Crippen LogP contribution < -0.4 is 4.90 Å². The maximum absolute atomic E-state index is 12.8. The highest BCUT2D eigenvalue weighted by molar-refractivity contribution is 6.07. The minimum Gasteiger partial charge on any atom is -0.385 e. The third-order valence-corrected chi connectivity index (χ3v) is 5.01. The highest BCUT2D eigenvalue weighted by Crippen LogP contribution is 2.49. The fourth-order valence-corrected chi connectivity index (χ4v) is 3.85. The molecule has 0 aromatic heterocycles. The Kier molecular flexibility index (Phi) is 2.88. The Morgan fingerprint density at radius 3 is 2.73 bits per heavy atom. The molecule has 1 heterocycles. The Bertz CT molecular complexity index is 736. The largest absolute Gasteiger partial charge is 0.385 e. The van der Waals surface area contributed by atoms with Crippen molar-refractivity contribution >= 4 is 11.6 Å². The van der Waals surface area contributed by atoms with Gasteiger partial charge in [-0.15, -0.1) is 0 Å². The molecule has 0 fully saturated rings. The van der Waals surface area contributed by atoms with Crippen molar-refractivity contribution in [3.05, 3.63) is 65.2 Å². The van der Waals surface area contributed by atoms with Crippen molar-refractivity contribution < 1.29 is 9.90 Å². The van der Waals surface area contributed by atoms with Gasteiger partial charge in [-0.1, -0.05) is 30.3 Å². The van der Waals surface area contributed by atoms with E-state index < -0.39 is 5.60 Å². The van der Waals surface area contributed by atoms with Gasteiger partial charge < -0.3 is 10.0 Å². The van der Waals surface area contributed by atoms with Crippen LogP contribution >= 0.6 is 0 Å². The second-order valence-electron chi connectivity index (χ2n) is 6.53. The van der Waals surface area contributed by atoms with E-state index in [-0.39, 0.29) is 5.91 Å². The number of nitrogens with zero attached hydrogens (tertiary/aromatic N) is 1. The molecule has 22 heavy (non-hydrogen) atoms. The number of benzene rings is 2. The van der Waals surface area contributed by atoms with Gasteiger partial charge in [-0.25, -0.2) is 0 Å². The third kappa shape index (κ3) is 1.89. The summed E-state index contributed by atoms with van der Waals surface area (Å²) in [5, 5.41) is 10.6. The van der Waals surface area contributed by atoms with Crippen LogP contribution in [-0.2, 0) is 5.60 Å². The van der Waals surface area contributed by atoms with E-state index in [9.17, 15) is 9.90 Å². The first-order valence-corrected chi connectivity index (χ1v) is 7.80. The summed E-state index contributed by atoms with van der Waals surface area (Å²) in [6.45, 7) is 2.59. The average molecular weight is 293 g/mol. The van der Waals surface area contributed by atoms with Gasteiger partial charge >= 0.3 is 0 Å². The van der Waals surface area contributed by atoms with Crippen LogP contribution in [0.1, 0.15) is 47.2 Å². The van der Waals surface area contributed by atoms with Gasteiger partial charge in [0, 0.05) is 23.7 Å². The fraction of sp³-hybridized carbons (Fsp3) is 0.316. The van der Waals surface area contributed by atoms with Gasteiger partial charge in [0.15, 0.2) is 0 Å². The smallest absolute Gasteiger partial charge is 0.258 e. The van der Waals surface area contributed by atoms with Crippen LogP contribution in [0.5, 0.6) is 0 Å². The minimum absolute atomic E-state index is 0.0445. The van der Waals surface area contributed by atoms with Crippen molar-refractivity contribution in [2.75, 3.05) is 11.4 Å². The topological polar surface area (TPSA) is 40.5 Å². The van der Waals surface area contributed by atoms with E-state index in [1.807, 2.05) is 60.4 Å². The van der Waals surface area contributed by atoms with E-state index in [1.165, 1.54) is 5.56 Å². The van der Waals surface area contributed by atoms with Gasteiger partial charge in [0.2, 0.25) is 0 Å². The normalized spacial score (nSPS) is 25.9. The standard InChI is InChI=1S/C19H19NO2/c1-19(22)11-10-14-12-20(16-9-5-8-15(19)17(14)16)18(21)13-6-3-2-4-7-13/h2-9,14,22H,10-12H2,1H3. The molecule has 0 bridgehead atoms. The highest BCUT2D eigenvalue weighted by atomic mass is 16.3. The first-order valence-electron chi connectivity index (χ1n) is 7.80. The molecule has 2 aromatic carbocycles. The molecule has 3 nitrogen and oxygen atoms in total. The molecule has 3 heteroatoms. The van der Waals surface area contributed by atoms with Crippen LogP contribution in [0.4, 0.5) is 5.69 Å². The van der Waals surface area contributed by atoms with Crippen molar-refractivity contribution in [2.24, 2.45) is 0 Å². The lowest BCUT2D eigenvalue weighted by molar-refractivity contribution is 0.0358. The summed E-state index contributed by atoms with van der Waals surface area (Å²) < 4.78 is 0. The molecule has 2 aliphatic rings. The van der Waals surface area contributed by atoms with Crippen molar-refractivity contribution in [3.63, 3.8) is 0 Å². The Labute approximate surface area is 130 Å². The van der Waals surface area contributed by atoms with Crippen LogP contribution in [0.2, 0.25) is 0 Å². The number of amides is 1. The molecule has 1 amide bonds. The van der Waals surface area contributed by atoms with Gasteiger partial charge in [0.05, 0.1) is 5.60 Å². The van der Waals surface area contributed by atoms with Crippen molar-refractivity contribution in [1.29, 1.82) is 0 Å². The summed E-state index contributed by atoms with van der Waals surface area (Å²) >= 11 is 0. The summed E-state index contributed by atoms with van der Waals surface area (Å²) in [5.74, 6) is 0.391. The Morgan fingerprint density at radius 1 is 1.18 bits per heavy atom. The lowest BCUT2D eigenvalue weighted by atomic mass is 9.75. The van der Waals surface area contributed by atoms with Gasteiger partial charge in [-0.2, -0.15) is 0 Å². The zero-order valence-corrected chi connectivity index (χ0v) is 12.6. The number of aliphatic hydroxyl groups is 1. The molecular weight excluding hydrogens is 274 g/mol. The number of carbonyl (C=O) groups is 1. The van der Waals surface area contributed by atoms with Crippen molar-refractivity contribution in [1.82, 2.24) is 0 Å². The number of carbonyl (C=O) groups excluding carboxylic acids is 1. The molecule has 0 radical (unpaired) electrons. The molecule has 0 spiro atoms. The molecule has 4 rings (SSSR count). The number of hydrogen-bond donors (Lipinski definition) is 1. The molecule has 1 aliphatic carbocycles. The molecule has 0 saturated heterocycles. The molecule has 1 aliphatic heterocycles. The second-order valence-corrected chi connectivity index (χ2v) is 6.53. The lowest BCUT2D eigenvalue weighted by Gasteiger charge is -2.33. The van der Waals surface area contributed by atoms with Crippen LogP contribution in [0.25, 0.3) is 0 Å². The monoisotopic (exact) mass is 293 g/mol. The first-order chi connectivity index (χ1) is 10.6. The predicted molar refractivity (Wildman–Crippen MR) is 86.1 cm³/mol. The number of hydrogen-bond acceptors (Lipinski definition) is 2. The SMILES string of the molecule is CC1(O)CCC2CN(C(=O)c3ccccc3)c3cccc1c32. The van der Waals surface area contributed by atoms with Gasteiger partial charge in [0.1, 0.15) is 0 Å². The van der Waals surface area contributed by atoms with Gasteiger partial charge in [-0.3, -0.25) is 4.79 Å². The van der Waals surface area contributed by atoms with Gasteiger partial charge in [0.25, 0.3) is 5.91 Å². The first kappa shape index (κ1) is 13.5. The van der Waals surface area contributed by atoms with E-state index in [0.717, 1.165) is 30.6 Å². The second kappa shape index (κ2) is 4.68. The van der Waals surface area contributed by atoms with E-state index in [0.29, 0.717) is 11.5 Å². The summed E-state index contributed by atoms with van der Waals surface area (Å²) in [6.07, 6.45) is 1.68. The summed E-state index contributed by atoms with van der Waals surface area (Å²) in [7, 11) is 0. The zero-order chi connectivity index (χ0) is 15.3. The molecule has 2 atom stereocenters. The number of rotatable bonds is 1. The van der Waals surface area contributed by atoms with Crippen LogP contribution in [0.3, 0.4) is 0 Å². The minimum atomic E-state index is -0.784. The summed E-state index contributed by atoms with van der Waals surface area (Å²) in [4.78, 5) is 14.7. The Balaban J connectivity index is 1.80. The molecule has 2 aromatic rings. The summed E-state index contributed by atoms with van der Waals surface area (Å²) in [5.41, 5.74) is 3.06. The lowest BCUT2D eigenvalue weighted by Crippen LogP contribution is -2.30. The van der Waals surface area contributed by atoms with E-state index in [4.69, 9.17) is 0 Å². The molecule has 0 saturated carbocycles. The quantitative estimate of drug-likeness (QED) is 0.875. The third-order valence-electron chi connectivity index (χ3n) is 5.01. The van der Waals surface area contributed by atoms with Crippen molar-refractivity contribution in [3.8, 4) is 0 Å². The Hall–Kier alpha value is -2.13. The van der Waals surface area contributed by atoms with Crippen LogP contribution in [-0.4, -0.2) is 17.6 Å². The van der Waals surface area contributed by atoms with Crippen LogP contribution in [0.15, 0.2) is 48.5 Å². The zero-order valence-electron chi connectivity index (χ0n) is 12.6. The molecule has 1 N–H and O–H groups in total. The highest BCUT2D eigenvalue weighted by Gasteiger charge is 2.42.